The van der Waals surface area contributed by atoms with Crippen LogP contribution in [-0.4, -0.2) is 6.54 Å². The number of rotatable bonds is 2. The van der Waals surface area contributed by atoms with Crippen LogP contribution in [0.25, 0.3) is 0 Å². The van der Waals surface area contributed by atoms with Crippen molar-refractivity contribution in [1.82, 2.24) is 0 Å². The number of hydrogen-bond donors (Lipinski definition) is 2. The minimum atomic E-state index is -0.264. The minimum absolute atomic E-state index is 0. The van der Waals surface area contributed by atoms with Gasteiger partial charge in [-0.25, -0.2) is 4.39 Å². The average molecular weight is 205 g/mol. The van der Waals surface area contributed by atoms with Crippen molar-refractivity contribution in [1.29, 1.82) is 0 Å². The molecule has 0 radical (unpaired) electrons. The van der Waals surface area contributed by atoms with Crippen molar-refractivity contribution in [2.45, 2.75) is 13.0 Å². The van der Waals surface area contributed by atoms with E-state index in [1.54, 1.807) is 19.1 Å². The summed E-state index contributed by atoms with van der Waals surface area (Å²) in [5.41, 5.74) is 12.3. The Morgan fingerprint density at radius 3 is 2.54 bits per heavy atom. The van der Waals surface area contributed by atoms with Gasteiger partial charge >= 0.3 is 0 Å². The zero-order chi connectivity index (χ0) is 9.14. The number of halogens is 2. The van der Waals surface area contributed by atoms with Crippen molar-refractivity contribution in [2.24, 2.45) is 11.5 Å². The summed E-state index contributed by atoms with van der Waals surface area (Å²) in [7, 11) is 0. The maximum absolute atomic E-state index is 13.0. The van der Waals surface area contributed by atoms with Gasteiger partial charge < -0.3 is 11.5 Å². The summed E-state index contributed by atoms with van der Waals surface area (Å²) in [6.45, 7) is 2.05. The molecule has 0 aliphatic heterocycles. The Morgan fingerprint density at radius 2 is 2.08 bits per heavy atom. The third-order valence-corrected chi connectivity index (χ3v) is 1.88. The third kappa shape index (κ3) is 2.95. The molecule has 1 rings (SSSR count). The van der Waals surface area contributed by atoms with Gasteiger partial charge in [0.25, 0.3) is 0 Å². The number of hydrogen-bond acceptors (Lipinski definition) is 2. The molecule has 1 atom stereocenters. The lowest BCUT2D eigenvalue weighted by Gasteiger charge is -2.09. The van der Waals surface area contributed by atoms with Crippen LogP contribution in [0, 0.1) is 12.7 Å². The molecular formula is C9H14ClFN2. The highest BCUT2D eigenvalue weighted by Crippen LogP contribution is 2.13. The van der Waals surface area contributed by atoms with Crippen LogP contribution in [0.15, 0.2) is 18.2 Å². The van der Waals surface area contributed by atoms with Gasteiger partial charge in [-0.1, -0.05) is 12.1 Å². The summed E-state index contributed by atoms with van der Waals surface area (Å²) >= 11 is 0. The number of nitrogens with two attached hydrogens (primary N) is 2. The molecule has 1 aromatic carbocycles. The van der Waals surface area contributed by atoms with E-state index in [1.165, 1.54) is 6.07 Å². The first-order chi connectivity index (χ1) is 5.65. The van der Waals surface area contributed by atoms with Crippen LogP contribution in [-0.2, 0) is 0 Å². The van der Waals surface area contributed by atoms with Crippen molar-refractivity contribution in [3.05, 3.63) is 35.1 Å². The SMILES string of the molecule is Cc1ccc([C@@H](N)CN)cc1F.Cl. The Bertz CT molecular complexity index is 278. The summed E-state index contributed by atoms with van der Waals surface area (Å²) in [5.74, 6) is -0.226. The van der Waals surface area contributed by atoms with Crippen molar-refractivity contribution in [2.75, 3.05) is 6.54 Å². The molecule has 2 nitrogen and oxygen atoms in total. The second-order valence-electron chi connectivity index (χ2n) is 2.85. The van der Waals surface area contributed by atoms with E-state index in [1.807, 2.05) is 0 Å². The van der Waals surface area contributed by atoms with Gasteiger partial charge in [-0.15, -0.1) is 12.4 Å². The zero-order valence-corrected chi connectivity index (χ0v) is 8.27. The Balaban J connectivity index is 0.00000144. The molecule has 74 valence electrons. The predicted molar refractivity (Wildman–Crippen MR) is 54.4 cm³/mol. The molecule has 0 aromatic heterocycles. The summed E-state index contributed by atoms with van der Waals surface area (Å²) in [5, 5.41) is 0. The van der Waals surface area contributed by atoms with Crippen LogP contribution >= 0.6 is 12.4 Å². The number of benzene rings is 1. The molecule has 0 fully saturated rings. The first-order valence-electron chi connectivity index (χ1n) is 3.87. The minimum Gasteiger partial charge on any atom is -0.329 e. The largest absolute Gasteiger partial charge is 0.329 e. The Kier molecular flexibility index (Phi) is 4.91. The first-order valence-corrected chi connectivity index (χ1v) is 3.87. The van der Waals surface area contributed by atoms with E-state index >= 15 is 0 Å². The fraction of sp³-hybridized carbons (Fsp3) is 0.333. The smallest absolute Gasteiger partial charge is 0.126 e. The molecule has 0 unspecified atom stereocenters. The van der Waals surface area contributed by atoms with Crippen molar-refractivity contribution in [3.63, 3.8) is 0 Å². The van der Waals surface area contributed by atoms with E-state index in [9.17, 15) is 4.39 Å². The monoisotopic (exact) mass is 204 g/mol. The van der Waals surface area contributed by atoms with Gasteiger partial charge in [0.05, 0.1) is 0 Å². The molecular weight excluding hydrogens is 191 g/mol. The zero-order valence-electron chi connectivity index (χ0n) is 7.46. The molecule has 4 heteroatoms. The quantitative estimate of drug-likeness (QED) is 0.768. The molecule has 0 saturated carbocycles. The maximum atomic E-state index is 13.0. The van der Waals surface area contributed by atoms with Gasteiger partial charge in [-0.05, 0) is 24.1 Å². The van der Waals surface area contributed by atoms with Crippen LogP contribution in [0.5, 0.6) is 0 Å². The van der Waals surface area contributed by atoms with Crippen molar-refractivity contribution in [3.8, 4) is 0 Å². The van der Waals surface area contributed by atoms with Crippen LogP contribution in [0.1, 0.15) is 17.2 Å². The maximum Gasteiger partial charge on any atom is 0.126 e. The molecule has 0 bridgehead atoms. The Hall–Kier alpha value is -0.640. The Morgan fingerprint density at radius 1 is 1.46 bits per heavy atom. The highest BCUT2D eigenvalue weighted by Gasteiger charge is 2.05. The van der Waals surface area contributed by atoms with Crippen molar-refractivity contribution >= 4 is 12.4 Å². The van der Waals surface area contributed by atoms with E-state index in [-0.39, 0.29) is 24.3 Å². The van der Waals surface area contributed by atoms with Gasteiger partial charge in [0.1, 0.15) is 5.82 Å². The molecule has 0 heterocycles. The van der Waals surface area contributed by atoms with Crippen LogP contribution in [0.3, 0.4) is 0 Å². The van der Waals surface area contributed by atoms with E-state index < -0.39 is 0 Å². The van der Waals surface area contributed by atoms with Gasteiger partial charge in [0.2, 0.25) is 0 Å². The van der Waals surface area contributed by atoms with Crippen molar-refractivity contribution < 1.29 is 4.39 Å². The highest BCUT2D eigenvalue weighted by atomic mass is 35.5. The van der Waals surface area contributed by atoms with Crippen LogP contribution in [0.4, 0.5) is 4.39 Å². The molecule has 0 saturated heterocycles. The fourth-order valence-electron chi connectivity index (χ4n) is 0.976. The van der Waals surface area contributed by atoms with E-state index in [4.69, 9.17) is 11.5 Å². The summed E-state index contributed by atoms with van der Waals surface area (Å²) in [6.07, 6.45) is 0. The van der Waals surface area contributed by atoms with Crippen LogP contribution < -0.4 is 11.5 Å². The standard InChI is InChI=1S/C9H13FN2.ClH/c1-6-2-3-7(4-8(6)10)9(12)5-11;/h2-4,9H,5,11-12H2,1H3;1H/t9-;/m0./s1. The average Bonchev–Trinajstić information content (AvgIpc) is 2.08. The lowest BCUT2D eigenvalue weighted by atomic mass is 10.1. The van der Waals surface area contributed by atoms with Gasteiger partial charge in [0.15, 0.2) is 0 Å². The Labute approximate surface area is 83.5 Å². The fourth-order valence-corrected chi connectivity index (χ4v) is 0.976. The van der Waals surface area contributed by atoms with Gasteiger partial charge in [-0.3, -0.25) is 0 Å². The normalized spacial score (nSPS) is 12.0. The second-order valence-corrected chi connectivity index (χ2v) is 2.85. The van der Waals surface area contributed by atoms with E-state index in [0.717, 1.165) is 5.56 Å². The molecule has 1 aromatic rings. The summed E-state index contributed by atoms with van der Waals surface area (Å²) < 4.78 is 13.0. The lowest BCUT2D eigenvalue weighted by molar-refractivity contribution is 0.611. The molecule has 0 amide bonds. The highest BCUT2D eigenvalue weighted by molar-refractivity contribution is 5.85. The molecule has 0 aliphatic rings. The molecule has 4 N–H and O–H groups in total. The topological polar surface area (TPSA) is 52.0 Å². The molecule has 13 heavy (non-hydrogen) atoms. The van der Waals surface area contributed by atoms with Crippen LogP contribution in [0.2, 0.25) is 0 Å². The molecule has 0 spiro atoms. The predicted octanol–water partition coefficient (Wildman–Crippen LogP) is 1.51. The van der Waals surface area contributed by atoms with Gasteiger partial charge in [-0.2, -0.15) is 0 Å². The van der Waals surface area contributed by atoms with E-state index in [0.29, 0.717) is 12.1 Å². The van der Waals surface area contributed by atoms with Gasteiger partial charge in [0, 0.05) is 12.6 Å². The number of aryl methyl sites for hydroxylation is 1. The second kappa shape index (κ2) is 5.17. The first kappa shape index (κ1) is 12.4. The van der Waals surface area contributed by atoms with E-state index in [2.05, 4.69) is 0 Å². The molecule has 0 aliphatic carbocycles. The third-order valence-electron chi connectivity index (χ3n) is 1.88. The summed E-state index contributed by atoms with van der Waals surface area (Å²) in [4.78, 5) is 0. The summed E-state index contributed by atoms with van der Waals surface area (Å²) in [6, 6.07) is 4.68. The lowest BCUT2D eigenvalue weighted by Crippen LogP contribution is -2.20.